The Kier molecular flexibility index (Phi) is 7.59. The second-order valence-corrected chi connectivity index (χ2v) is 8.03. The lowest BCUT2D eigenvalue weighted by Gasteiger charge is -2.16. The van der Waals surface area contributed by atoms with Crippen LogP contribution < -0.4 is 10.0 Å². The van der Waals surface area contributed by atoms with E-state index in [2.05, 4.69) is 5.32 Å². The van der Waals surface area contributed by atoms with E-state index in [1.165, 1.54) is 0 Å². The van der Waals surface area contributed by atoms with E-state index < -0.39 is 69.4 Å². The number of alkyl halides is 3. The third-order valence-corrected chi connectivity index (χ3v) is 5.44. The van der Waals surface area contributed by atoms with Gasteiger partial charge in [-0.05, 0) is 42.5 Å². The van der Waals surface area contributed by atoms with Crippen LogP contribution in [0.5, 0.6) is 0 Å². The number of aliphatic hydroxyl groups excluding tert-OH is 3. The normalized spacial score (nSPS) is 14.0. The number of carbonyl (C=O) groups is 1. The van der Waals surface area contributed by atoms with Gasteiger partial charge in [-0.2, -0.15) is 13.2 Å². The Hall–Kier alpha value is -2.74. The Morgan fingerprint density at radius 2 is 1.65 bits per heavy atom. The first kappa shape index (κ1) is 24.5. The summed E-state index contributed by atoms with van der Waals surface area (Å²) in [6.45, 7) is -1.12. The molecule has 31 heavy (non-hydrogen) atoms. The van der Waals surface area contributed by atoms with Crippen molar-refractivity contribution in [2.24, 2.45) is 0 Å². The molecule has 13 heteroatoms. The van der Waals surface area contributed by atoms with Gasteiger partial charge in [-0.25, -0.2) is 12.8 Å². The maximum Gasteiger partial charge on any atom is 0.418 e. The van der Waals surface area contributed by atoms with Gasteiger partial charge in [0.25, 0.3) is 15.9 Å². The fraction of sp³-hybridized carbons (Fsp3) is 0.278. The van der Waals surface area contributed by atoms with Crippen LogP contribution in [0.3, 0.4) is 0 Å². The molecular weight excluding hydrogens is 448 g/mol. The molecule has 0 aromatic heterocycles. The maximum absolute atomic E-state index is 13.2. The van der Waals surface area contributed by atoms with Crippen molar-refractivity contribution < 1.29 is 46.1 Å². The highest BCUT2D eigenvalue weighted by Gasteiger charge is 2.35. The Morgan fingerprint density at radius 3 is 2.19 bits per heavy atom. The second kappa shape index (κ2) is 9.60. The quantitative estimate of drug-likeness (QED) is 0.370. The molecule has 0 radical (unpaired) electrons. The first-order valence-electron chi connectivity index (χ1n) is 8.60. The lowest BCUT2D eigenvalue weighted by molar-refractivity contribution is -0.137. The van der Waals surface area contributed by atoms with E-state index in [0.717, 1.165) is 24.3 Å². The molecule has 0 saturated carbocycles. The summed E-state index contributed by atoms with van der Waals surface area (Å²) in [7, 11) is -4.50. The van der Waals surface area contributed by atoms with E-state index in [4.69, 9.17) is 5.11 Å². The van der Waals surface area contributed by atoms with Crippen molar-refractivity contribution in [3.05, 3.63) is 59.4 Å². The van der Waals surface area contributed by atoms with Crippen LogP contribution in [0.1, 0.15) is 15.9 Å². The van der Waals surface area contributed by atoms with Gasteiger partial charge < -0.3 is 20.6 Å². The van der Waals surface area contributed by atoms with Crippen molar-refractivity contribution in [3.63, 3.8) is 0 Å². The highest BCUT2D eigenvalue weighted by molar-refractivity contribution is 7.92. The number of aliphatic hydroxyl groups is 3. The van der Waals surface area contributed by atoms with E-state index in [-0.39, 0.29) is 11.6 Å². The molecule has 0 aliphatic heterocycles. The molecule has 0 aliphatic rings. The summed E-state index contributed by atoms with van der Waals surface area (Å²) >= 11 is 0. The number of halogens is 4. The van der Waals surface area contributed by atoms with Crippen LogP contribution in [0.4, 0.5) is 23.2 Å². The van der Waals surface area contributed by atoms with E-state index in [1.54, 1.807) is 4.72 Å². The van der Waals surface area contributed by atoms with Gasteiger partial charge >= 0.3 is 6.18 Å². The van der Waals surface area contributed by atoms with Crippen LogP contribution in [0.2, 0.25) is 0 Å². The van der Waals surface area contributed by atoms with Gasteiger partial charge in [0.15, 0.2) is 0 Å². The van der Waals surface area contributed by atoms with Crippen LogP contribution >= 0.6 is 0 Å². The number of rotatable bonds is 8. The molecule has 0 spiro atoms. The van der Waals surface area contributed by atoms with Gasteiger partial charge in [-0.3, -0.25) is 9.52 Å². The molecule has 5 N–H and O–H groups in total. The zero-order valence-corrected chi connectivity index (χ0v) is 16.4. The summed E-state index contributed by atoms with van der Waals surface area (Å²) < 4.78 is 78.9. The molecule has 0 saturated heterocycles. The molecule has 170 valence electrons. The molecule has 1 amide bonds. The van der Waals surface area contributed by atoms with Gasteiger partial charge in [-0.1, -0.05) is 0 Å². The number of hydrogen-bond acceptors (Lipinski definition) is 6. The predicted octanol–water partition coefficient (Wildman–Crippen LogP) is 1.09. The van der Waals surface area contributed by atoms with E-state index >= 15 is 0 Å². The Bertz CT molecular complexity index is 1030. The van der Waals surface area contributed by atoms with Crippen molar-refractivity contribution in [2.45, 2.75) is 23.3 Å². The minimum atomic E-state index is -5.00. The standard InChI is InChI=1S/C18H18F4N2O6S/c19-11-3-6-14(13(7-11)18(20,21)22)24-31(29,30)12-4-1-10(2-5-12)17(28)23-8-15(26)16(27)9-25/h1-7,15-16,24-27H,8-9H2,(H,23,28). The Labute approximate surface area is 174 Å². The Balaban J connectivity index is 2.16. The molecule has 8 nitrogen and oxygen atoms in total. The van der Waals surface area contributed by atoms with Crippen LogP contribution in [0, 0.1) is 5.82 Å². The summed E-state index contributed by atoms with van der Waals surface area (Å²) in [5.74, 6) is -1.93. The van der Waals surface area contributed by atoms with Crippen molar-refractivity contribution >= 4 is 21.6 Å². The summed E-state index contributed by atoms with van der Waals surface area (Å²) in [5, 5.41) is 29.7. The van der Waals surface area contributed by atoms with E-state index in [9.17, 15) is 41.0 Å². The van der Waals surface area contributed by atoms with E-state index in [0.29, 0.717) is 12.1 Å². The SMILES string of the molecule is O=C(NCC(O)C(O)CO)c1ccc(S(=O)(=O)Nc2ccc(F)cc2C(F)(F)F)cc1. The van der Waals surface area contributed by atoms with Crippen molar-refractivity contribution in [2.75, 3.05) is 17.9 Å². The number of hydrogen-bond donors (Lipinski definition) is 5. The third kappa shape index (κ3) is 6.37. The van der Waals surface area contributed by atoms with Crippen molar-refractivity contribution in [1.29, 1.82) is 0 Å². The zero-order chi connectivity index (χ0) is 23.4. The van der Waals surface area contributed by atoms with Gasteiger partial charge in [0, 0.05) is 12.1 Å². The third-order valence-electron chi connectivity index (χ3n) is 4.06. The molecule has 2 aromatic carbocycles. The molecule has 2 atom stereocenters. The Morgan fingerprint density at radius 1 is 1.03 bits per heavy atom. The average Bonchev–Trinajstić information content (AvgIpc) is 2.71. The first-order chi connectivity index (χ1) is 14.3. The lowest BCUT2D eigenvalue weighted by atomic mass is 10.2. The molecule has 2 rings (SSSR count). The molecule has 0 fully saturated rings. The molecule has 0 bridgehead atoms. The molecule has 0 heterocycles. The largest absolute Gasteiger partial charge is 0.418 e. The smallest absolute Gasteiger partial charge is 0.394 e. The van der Waals surface area contributed by atoms with Crippen LogP contribution in [-0.2, 0) is 16.2 Å². The summed E-state index contributed by atoms with van der Waals surface area (Å²) in [6, 6.07) is 5.56. The second-order valence-electron chi connectivity index (χ2n) is 6.34. The van der Waals surface area contributed by atoms with Crippen LogP contribution in [0.15, 0.2) is 47.4 Å². The fourth-order valence-electron chi connectivity index (χ4n) is 2.39. The molecular formula is C18H18F4N2O6S. The van der Waals surface area contributed by atoms with Gasteiger partial charge in [0.2, 0.25) is 0 Å². The minimum Gasteiger partial charge on any atom is -0.394 e. The maximum atomic E-state index is 13.2. The first-order valence-corrected chi connectivity index (χ1v) is 10.1. The number of carbonyl (C=O) groups excluding carboxylic acids is 1. The highest BCUT2D eigenvalue weighted by atomic mass is 32.2. The number of nitrogens with one attached hydrogen (secondary N) is 2. The molecule has 2 unspecified atom stereocenters. The van der Waals surface area contributed by atoms with E-state index in [1.807, 2.05) is 0 Å². The average molecular weight is 466 g/mol. The number of anilines is 1. The summed E-state index contributed by atoms with van der Waals surface area (Å²) in [6.07, 6.45) is -7.90. The van der Waals surface area contributed by atoms with Gasteiger partial charge in [0.05, 0.1) is 28.9 Å². The predicted molar refractivity (Wildman–Crippen MR) is 100 cm³/mol. The van der Waals surface area contributed by atoms with Crippen molar-refractivity contribution in [1.82, 2.24) is 5.32 Å². The van der Waals surface area contributed by atoms with Crippen molar-refractivity contribution in [3.8, 4) is 0 Å². The monoisotopic (exact) mass is 466 g/mol. The number of benzene rings is 2. The summed E-state index contributed by atoms with van der Waals surface area (Å²) in [4.78, 5) is 11.5. The molecule has 2 aromatic rings. The van der Waals surface area contributed by atoms with Crippen LogP contribution in [0.25, 0.3) is 0 Å². The fourth-order valence-corrected chi connectivity index (χ4v) is 3.47. The zero-order valence-electron chi connectivity index (χ0n) is 15.6. The lowest BCUT2D eigenvalue weighted by Crippen LogP contribution is -2.40. The number of sulfonamides is 1. The van der Waals surface area contributed by atoms with Gasteiger partial charge in [-0.15, -0.1) is 0 Å². The minimum absolute atomic E-state index is 0.0394. The topological polar surface area (TPSA) is 136 Å². The summed E-state index contributed by atoms with van der Waals surface area (Å²) in [5.41, 5.74) is -2.41. The van der Waals surface area contributed by atoms with Crippen LogP contribution in [-0.4, -0.2) is 55.0 Å². The highest BCUT2D eigenvalue weighted by Crippen LogP contribution is 2.36. The number of amides is 1. The van der Waals surface area contributed by atoms with Gasteiger partial charge in [0.1, 0.15) is 11.9 Å². The molecule has 0 aliphatic carbocycles.